The number of morpholine rings is 1. The number of nitrogens with one attached hydrogen (secondary N) is 2. The van der Waals surface area contributed by atoms with Crippen LogP contribution in [-0.4, -0.2) is 88.8 Å². The van der Waals surface area contributed by atoms with Crippen molar-refractivity contribution in [3.8, 4) is 0 Å². The minimum absolute atomic E-state index is 0.337. The third-order valence-corrected chi connectivity index (χ3v) is 5.19. The van der Waals surface area contributed by atoms with Gasteiger partial charge < -0.3 is 24.8 Å². The average molecular weight is 399 g/mol. The zero-order valence-corrected chi connectivity index (χ0v) is 18.3. The maximum atomic E-state index is 5.82. The Kier molecular flexibility index (Phi) is 11.8. The van der Waals surface area contributed by atoms with Crippen LogP contribution in [0.4, 0.5) is 0 Å². The monoisotopic (exact) mass is 398 g/mol. The summed E-state index contributed by atoms with van der Waals surface area (Å²) in [5.41, 5.74) is 0. The second kappa shape index (κ2) is 14.1. The van der Waals surface area contributed by atoms with Gasteiger partial charge in [0.15, 0.2) is 5.96 Å². The van der Waals surface area contributed by atoms with Gasteiger partial charge in [-0.3, -0.25) is 9.89 Å². The van der Waals surface area contributed by atoms with Gasteiger partial charge in [0.05, 0.1) is 12.2 Å². The molecular weight excluding hydrogens is 356 g/mol. The molecule has 0 radical (unpaired) electrons. The van der Waals surface area contributed by atoms with Crippen LogP contribution in [0.2, 0.25) is 0 Å². The van der Waals surface area contributed by atoms with Gasteiger partial charge in [0.2, 0.25) is 0 Å². The molecule has 2 atom stereocenters. The molecule has 2 N–H and O–H groups in total. The van der Waals surface area contributed by atoms with Gasteiger partial charge >= 0.3 is 0 Å². The number of hydrogen-bond acceptors (Lipinski definition) is 5. The summed E-state index contributed by atoms with van der Waals surface area (Å²) in [6.45, 7) is 15.6. The number of guanidine groups is 1. The smallest absolute Gasteiger partial charge is 0.191 e. The van der Waals surface area contributed by atoms with Crippen molar-refractivity contribution < 1.29 is 14.2 Å². The second-order valence-corrected chi connectivity index (χ2v) is 8.04. The molecule has 2 aliphatic heterocycles. The van der Waals surface area contributed by atoms with Crippen molar-refractivity contribution in [2.75, 3.05) is 65.7 Å². The van der Waals surface area contributed by atoms with E-state index in [1.165, 1.54) is 0 Å². The standard InChI is InChI=1S/C21H42N4O3/c1-4-22-21(23-9-5-11-25-15-18(2)28-19(3)16-25)24-10-6-12-27-17-20-7-13-26-14-8-20/h18-20H,4-17H2,1-3H3,(H2,22,23,24). The molecule has 2 unspecified atom stereocenters. The topological polar surface area (TPSA) is 67.4 Å². The van der Waals surface area contributed by atoms with Crippen LogP contribution in [0.15, 0.2) is 4.99 Å². The first-order valence-corrected chi connectivity index (χ1v) is 11.2. The quantitative estimate of drug-likeness (QED) is 0.315. The summed E-state index contributed by atoms with van der Waals surface area (Å²) < 4.78 is 17.0. The molecule has 2 saturated heterocycles. The van der Waals surface area contributed by atoms with Crippen LogP contribution in [0, 0.1) is 5.92 Å². The highest BCUT2D eigenvalue weighted by atomic mass is 16.5. The fraction of sp³-hybridized carbons (Fsp3) is 0.952. The highest BCUT2D eigenvalue weighted by Crippen LogP contribution is 2.14. The largest absolute Gasteiger partial charge is 0.381 e. The van der Waals surface area contributed by atoms with Crippen LogP contribution in [0.3, 0.4) is 0 Å². The van der Waals surface area contributed by atoms with Crippen molar-refractivity contribution >= 4 is 5.96 Å². The predicted octanol–water partition coefficient (Wildman–Crippen LogP) is 1.87. The Morgan fingerprint density at radius 3 is 2.57 bits per heavy atom. The Bertz CT molecular complexity index is 420. The highest BCUT2D eigenvalue weighted by Gasteiger charge is 2.21. The van der Waals surface area contributed by atoms with Crippen LogP contribution in [-0.2, 0) is 14.2 Å². The van der Waals surface area contributed by atoms with Crippen molar-refractivity contribution in [3.05, 3.63) is 0 Å². The van der Waals surface area contributed by atoms with E-state index >= 15 is 0 Å². The van der Waals surface area contributed by atoms with E-state index in [1.54, 1.807) is 0 Å². The first kappa shape index (κ1) is 23.4. The van der Waals surface area contributed by atoms with E-state index in [-0.39, 0.29) is 0 Å². The van der Waals surface area contributed by atoms with Crippen LogP contribution < -0.4 is 10.6 Å². The van der Waals surface area contributed by atoms with E-state index in [1.807, 2.05) is 0 Å². The van der Waals surface area contributed by atoms with Crippen LogP contribution in [0.5, 0.6) is 0 Å². The Balaban J connectivity index is 1.53. The van der Waals surface area contributed by atoms with Gasteiger partial charge in [0.1, 0.15) is 0 Å². The van der Waals surface area contributed by atoms with E-state index in [0.717, 1.165) is 97.3 Å². The molecule has 164 valence electrons. The third kappa shape index (κ3) is 10.0. The van der Waals surface area contributed by atoms with E-state index in [9.17, 15) is 0 Å². The molecule has 0 saturated carbocycles. The maximum Gasteiger partial charge on any atom is 0.191 e. The lowest BCUT2D eigenvalue weighted by atomic mass is 10.0. The van der Waals surface area contributed by atoms with Gasteiger partial charge in [-0.15, -0.1) is 0 Å². The van der Waals surface area contributed by atoms with E-state index < -0.39 is 0 Å². The van der Waals surface area contributed by atoms with E-state index in [0.29, 0.717) is 18.1 Å². The van der Waals surface area contributed by atoms with Crippen LogP contribution in [0.25, 0.3) is 0 Å². The van der Waals surface area contributed by atoms with Crippen molar-refractivity contribution in [3.63, 3.8) is 0 Å². The minimum Gasteiger partial charge on any atom is -0.381 e. The molecular formula is C21H42N4O3. The molecule has 7 heteroatoms. The number of ether oxygens (including phenoxy) is 3. The summed E-state index contributed by atoms with van der Waals surface area (Å²) >= 11 is 0. The molecule has 2 heterocycles. The zero-order chi connectivity index (χ0) is 20.0. The Hall–Kier alpha value is -0.890. The Morgan fingerprint density at radius 1 is 1.11 bits per heavy atom. The Morgan fingerprint density at radius 2 is 1.86 bits per heavy atom. The third-order valence-electron chi connectivity index (χ3n) is 5.19. The number of rotatable bonds is 11. The van der Waals surface area contributed by atoms with Gasteiger partial charge in [-0.1, -0.05) is 0 Å². The molecule has 28 heavy (non-hydrogen) atoms. The molecule has 2 aliphatic rings. The van der Waals surface area contributed by atoms with Gasteiger partial charge in [0, 0.05) is 65.7 Å². The fourth-order valence-electron chi connectivity index (χ4n) is 3.84. The van der Waals surface area contributed by atoms with Crippen molar-refractivity contribution in [1.29, 1.82) is 0 Å². The van der Waals surface area contributed by atoms with E-state index in [2.05, 4.69) is 41.3 Å². The van der Waals surface area contributed by atoms with Gasteiger partial charge in [-0.2, -0.15) is 0 Å². The van der Waals surface area contributed by atoms with Crippen LogP contribution in [0.1, 0.15) is 46.5 Å². The first-order chi connectivity index (χ1) is 13.7. The SMILES string of the molecule is CCNC(=NCCCOCC1CCOCC1)NCCCN1CC(C)OC(C)C1. The molecule has 0 aromatic carbocycles. The maximum absolute atomic E-state index is 5.82. The van der Waals surface area contributed by atoms with Gasteiger partial charge in [-0.25, -0.2) is 0 Å². The summed E-state index contributed by atoms with van der Waals surface area (Å²) in [4.78, 5) is 7.17. The van der Waals surface area contributed by atoms with Crippen molar-refractivity contribution in [2.45, 2.75) is 58.7 Å². The highest BCUT2D eigenvalue weighted by molar-refractivity contribution is 5.79. The normalized spacial score (nSPS) is 25.0. The first-order valence-electron chi connectivity index (χ1n) is 11.2. The van der Waals surface area contributed by atoms with Crippen LogP contribution >= 0.6 is 0 Å². The zero-order valence-electron chi connectivity index (χ0n) is 18.3. The minimum atomic E-state index is 0.337. The Labute approximate surface area is 171 Å². The molecule has 2 fully saturated rings. The summed E-state index contributed by atoms with van der Waals surface area (Å²) in [7, 11) is 0. The average Bonchev–Trinajstić information content (AvgIpc) is 2.68. The van der Waals surface area contributed by atoms with E-state index in [4.69, 9.17) is 14.2 Å². The van der Waals surface area contributed by atoms with Gasteiger partial charge in [0.25, 0.3) is 0 Å². The molecule has 0 aromatic heterocycles. The number of aliphatic imine (C=N–C) groups is 1. The van der Waals surface area contributed by atoms with Crippen molar-refractivity contribution in [1.82, 2.24) is 15.5 Å². The summed E-state index contributed by atoms with van der Waals surface area (Å²) in [6.07, 6.45) is 5.01. The van der Waals surface area contributed by atoms with Crippen molar-refractivity contribution in [2.24, 2.45) is 10.9 Å². The number of hydrogen-bond donors (Lipinski definition) is 2. The molecule has 0 bridgehead atoms. The molecule has 0 amide bonds. The van der Waals surface area contributed by atoms with Gasteiger partial charge in [-0.05, 0) is 52.4 Å². The molecule has 2 rings (SSSR count). The lowest BCUT2D eigenvalue weighted by Crippen LogP contribution is -2.46. The summed E-state index contributed by atoms with van der Waals surface area (Å²) in [5, 5.41) is 6.78. The summed E-state index contributed by atoms with van der Waals surface area (Å²) in [6, 6.07) is 0. The lowest BCUT2D eigenvalue weighted by Gasteiger charge is -2.35. The lowest BCUT2D eigenvalue weighted by molar-refractivity contribution is -0.0679. The molecule has 0 aromatic rings. The fourth-order valence-corrected chi connectivity index (χ4v) is 3.84. The summed E-state index contributed by atoms with van der Waals surface area (Å²) in [5.74, 6) is 1.59. The molecule has 7 nitrogen and oxygen atoms in total. The second-order valence-electron chi connectivity index (χ2n) is 8.04. The predicted molar refractivity (Wildman–Crippen MR) is 114 cm³/mol. The number of nitrogens with zero attached hydrogens (tertiary/aromatic N) is 2. The molecule has 0 aliphatic carbocycles. The molecule has 0 spiro atoms.